The molecular weight excluding hydrogens is 903 g/mol. The first-order chi connectivity index (χ1) is 33.1. The number of hydrogen-bond acceptors (Lipinski definition) is 12. The number of carbonyl (C=O) groups is 8. The third kappa shape index (κ3) is 19.5. The fourth-order valence-corrected chi connectivity index (χ4v) is 7.87. The van der Waals surface area contributed by atoms with Crippen molar-refractivity contribution in [1.29, 1.82) is 0 Å². The van der Waals surface area contributed by atoms with Crippen LogP contribution in [0.1, 0.15) is 125 Å². The number of rotatable bonds is 30. The molecule has 13 N–H and O–H groups in total. The maximum atomic E-state index is 14.2. The molecule has 22 heteroatoms. The van der Waals surface area contributed by atoms with Gasteiger partial charge in [0.25, 0.3) is 0 Å². The van der Waals surface area contributed by atoms with Gasteiger partial charge in [-0.05, 0) is 82.3 Å². The molecule has 0 saturated carbocycles. The molecule has 1 saturated heterocycles. The van der Waals surface area contributed by atoms with Crippen molar-refractivity contribution in [2.45, 2.75) is 176 Å². The first-order valence-corrected chi connectivity index (χ1v) is 24.8. The normalized spacial score (nSPS) is 17.3. The number of aryl methyl sites for hydroxylation is 1. The van der Waals surface area contributed by atoms with Gasteiger partial charge in [-0.3, -0.25) is 48.3 Å². The van der Waals surface area contributed by atoms with Crippen LogP contribution in [0.2, 0.25) is 0 Å². The Morgan fingerprint density at radius 2 is 1.33 bits per heavy atom. The Morgan fingerprint density at radius 3 is 1.87 bits per heavy atom. The van der Waals surface area contributed by atoms with Gasteiger partial charge in [-0.15, -0.1) is 0 Å². The average molecular weight is 986 g/mol. The van der Waals surface area contributed by atoms with Crippen LogP contribution in [0.4, 0.5) is 0 Å². The van der Waals surface area contributed by atoms with Gasteiger partial charge in [-0.1, -0.05) is 73.8 Å². The van der Waals surface area contributed by atoms with Crippen LogP contribution in [-0.2, 0) is 44.9 Å². The minimum Gasteiger partial charge on any atom is -0.391 e. The molecule has 2 rings (SSSR count). The highest BCUT2D eigenvalue weighted by Gasteiger charge is 2.40. The molecule has 0 radical (unpaired) electrons. The van der Waals surface area contributed by atoms with Crippen LogP contribution in [0, 0.1) is 24.7 Å². The lowest BCUT2D eigenvalue weighted by Gasteiger charge is -2.32. The Hall–Kier alpha value is -5.90. The summed E-state index contributed by atoms with van der Waals surface area (Å²) >= 11 is 0. The molecule has 0 spiro atoms. The topological polar surface area (TPSA) is 334 Å². The van der Waals surface area contributed by atoms with E-state index >= 15 is 0 Å². The standard InChI is InChI=1S/C48H83N13O9/c1-11-17-33(41(64)58-38(28(7)12-2)44(67)56-34(18-15-22-53-48(49)50)47(70)61-23-16-19-35(61)42(65)52-14-4)55-46(69)40(31(10)62)60-45(68)39(29(8)13-3)59-43(66)37(27(5)6)57-36(63)26-51-24-32-21-20-30(9)54-25-32/h20-21,25,27-29,31,33-35,37-40,51,62H,11-19,22-24,26H2,1-10H3,(H,52,65)(H,55,69)(H,56,67)(H,57,63)(H,58,64)(H,59,66)(H,60,68)(H4,49,50,53)/t28-,29-,31+,33-,34-,35-,37-,38-,39+,40-/m0/s1. The Bertz CT molecular complexity index is 1910. The van der Waals surface area contributed by atoms with E-state index in [0.717, 1.165) is 11.3 Å². The Kier molecular flexibility index (Phi) is 26.4. The third-order valence-electron chi connectivity index (χ3n) is 12.5. The molecule has 0 aliphatic carbocycles. The van der Waals surface area contributed by atoms with Gasteiger partial charge in [-0.2, -0.15) is 0 Å². The van der Waals surface area contributed by atoms with Crippen molar-refractivity contribution in [3.8, 4) is 0 Å². The number of aliphatic imine (C=N–C) groups is 1. The van der Waals surface area contributed by atoms with E-state index in [1.807, 2.05) is 32.9 Å². The molecule has 1 aliphatic heterocycles. The zero-order chi connectivity index (χ0) is 52.7. The van der Waals surface area contributed by atoms with Crippen molar-refractivity contribution in [3.63, 3.8) is 0 Å². The molecule has 10 atom stereocenters. The molecule has 1 fully saturated rings. The number of likely N-dealkylation sites (N-methyl/N-ethyl adjacent to an activating group) is 1. The van der Waals surface area contributed by atoms with E-state index in [9.17, 15) is 43.5 Å². The van der Waals surface area contributed by atoms with Gasteiger partial charge >= 0.3 is 0 Å². The highest BCUT2D eigenvalue weighted by molar-refractivity contribution is 5.98. The van der Waals surface area contributed by atoms with Crippen molar-refractivity contribution >= 4 is 53.2 Å². The lowest BCUT2D eigenvalue weighted by Crippen LogP contribution is -2.63. The molecule has 1 aromatic heterocycles. The Labute approximate surface area is 413 Å². The van der Waals surface area contributed by atoms with Crippen LogP contribution in [0.5, 0.6) is 0 Å². The second kappa shape index (κ2) is 30.7. The van der Waals surface area contributed by atoms with Gasteiger partial charge in [0.05, 0.1) is 12.6 Å². The van der Waals surface area contributed by atoms with E-state index < -0.39 is 102 Å². The summed E-state index contributed by atoms with van der Waals surface area (Å²) in [7, 11) is 0. The molecule has 2 heterocycles. The summed E-state index contributed by atoms with van der Waals surface area (Å²) < 4.78 is 0. The smallest absolute Gasteiger partial charge is 0.245 e. The summed E-state index contributed by atoms with van der Waals surface area (Å²) in [4.78, 5) is 120. The lowest BCUT2D eigenvalue weighted by molar-refractivity contribution is -0.142. The molecule has 1 aliphatic rings. The highest BCUT2D eigenvalue weighted by atomic mass is 16.3. The average Bonchev–Trinajstić information content (AvgIpc) is 3.81. The number of aromatic nitrogens is 1. The first-order valence-electron chi connectivity index (χ1n) is 24.8. The van der Waals surface area contributed by atoms with Crippen molar-refractivity contribution in [3.05, 3.63) is 29.6 Å². The van der Waals surface area contributed by atoms with Gasteiger partial charge in [0.1, 0.15) is 42.3 Å². The summed E-state index contributed by atoms with van der Waals surface area (Å²) in [5.74, 6) is -6.25. The van der Waals surface area contributed by atoms with Crippen LogP contribution >= 0.6 is 0 Å². The Morgan fingerprint density at radius 1 is 0.757 bits per heavy atom. The predicted octanol–water partition coefficient (Wildman–Crippen LogP) is -0.502. The fraction of sp³-hybridized carbons (Fsp3) is 0.708. The summed E-state index contributed by atoms with van der Waals surface area (Å²) in [5.41, 5.74) is 12.7. The van der Waals surface area contributed by atoms with Crippen LogP contribution in [-0.4, -0.2) is 143 Å². The number of amides is 8. The molecule has 0 bridgehead atoms. The molecule has 0 unspecified atom stereocenters. The number of guanidine groups is 1. The number of pyridine rings is 1. The molecule has 8 amide bonds. The van der Waals surface area contributed by atoms with E-state index in [0.29, 0.717) is 58.2 Å². The zero-order valence-electron chi connectivity index (χ0n) is 43.0. The lowest BCUT2D eigenvalue weighted by atomic mass is 9.95. The van der Waals surface area contributed by atoms with Crippen molar-refractivity contribution in [1.82, 2.24) is 52.4 Å². The number of nitrogens with two attached hydrogens (primary N) is 2. The summed E-state index contributed by atoms with van der Waals surface area (Å²) in [6.07, 6.45) is 3.15. The number of aliphatic hydroxyl groups excluding tert-OH is 1. The fourth-order valence-electron chi connectivity index (χ4n) is 7.87. The maximum absolute atomic E-state index is 14.2. The van der Waals surface area contributed by atoms with E-state index in [4.69, 9.17) is 11.5 Å². The molecular formula is C48H83N13O9. The largest absolute Gasteiger partial charge is 0.391 e. The van der Waals surface area contributed by atoms with Gasteiger partial charge in [0, 0.05) is 38.1 Å². The molecule has 1 aromatic rings. The minimum absolute atomic E-state index is 0.0849. The van der Waals surface area contributed by atoms with Crippen molar-refractivity contribution < 1.29 is 43.5 Å². The summed E-state index contributed by atoms with van der Waals surface area (Å²) in [5, 5.41) is 33.0. The predicted molar refractivity (Wildman–Crippen MR) is 266 cm³/mol. The van der Waals surface area contributed by atoms with Crippen LogP contribution in [0.25, 0.3) is 0 Å². The Balaban J connectivity index is 2.26. The zero-order valence-corrected chi connectivity index (χ0v) is 43.0. The summed E-state index contributed by atoms with van der Waals surface area (Å²) in [6, 6.07) is -4.21. The van der Waals surface area contributed by atoms with E-state index in [1.165, 1.54) is 11.8 Å². The van der Waals surface area contributed by atoms with Gasteiger partial charge < -0.3 is 64.0 Å². The number of aliphatic hydroxyl groups is 1. The molecule has 70 heavy (non-hydrogen) atoms. The molecule has 22 nitrogen and oxygen atoms in total. The maximum Gasteiger partial charge on any atom is 0.245 e. The number of hydrogen-bond donors (Lipinski definition) is 11. The van der Waals surface area contributed by atoms with Crippen molar-refractivity contribution in [2.24, 2.45) is 34.2 Å². The molecule has 394 valence electrons. The van der Waals surface area contributed by atoms with Crippen LogP contribution < -0.4 is 54.0 Å². The third-order valence-corrected chi connectivity index (χ3v) is 12.5. The number of nitrogens with one attached hydrogen (secondary N) is 8. The number of nitrogens with zero attached hydrogens (tertiary/aromatic N) is 3. The highest BCUT2D eigenvalue weighted by Crippen LogP contribution is 2.21. The van der Waals surface area contributed by atoms with Gasteiger partial charge in [0.2, 0.25) is 47.3 Å². The molecule has 0 aromatic carbocycles. The minimum atomic E-state index is -1.58. The van der Waals surface area contributed by atoms with Crippen LogP contribution in [0.15, 0.2) is 23.3 Å². The second-order valence-corrected chi connectivity index (χ2v) is 18.6. The van der Waals surface area contributed by atoms with E-state index in [1.54, 1.807) is 47.7 Å². The SMILES string of the molecule is CCC[C@H](NC(=O)[C@@H](NC(=O)[C@H](NC(=O)[C@@H](NC(=O)CNCc1ccc(C)nc1)C(C)C)[C@@H](C)CC)[C@@H](C)O)C(=O)N[C@H](C(=O)N[C@@H](CCCN=C(N)N)C(=O)N1CCC[C@H]1C(=O)NCC)[C@@H](C)CC. The van der Waals surface area contributed by atoms with Crippen molar-refractivity contribution in [2.75, 3.05) is 26.2 Å². The monoisotopic (exact) mass is 986 g/mol. The van der Waals surface area contributed by atoms with E-state index in [-0.39, 0.29) is 43.7 Å². The number of likely N-dealkylation sites (tertiary alicyclic amines) is 1. The summed E-state index contributed by atoms with van der Waals surface area (Å²) in [6.45, 7) is 18.5. The van der Waals surface area contributed by atoms with Gasteiger partial charge in [0.15, 0.2) is 5.96 Å². The quantitative estimate of drug-likeness (QED) is 0.0264. The number of carbonyl (C=O) groups excluding carboxylic acids is 8. The first kappa shape index (κ1) is 60.2. The van der Waals surface area contributed by atoms with E-state index in [2.05, 4.69) is 52.5 Å². The van der Waals surface area contributed by atoms with Gasteiger partial charge in [-0.25, -0.2) is 0 Å². The second-order valence-electron chi connectivity index (χ2n) is 18.6. The van der Waals surface area contributed by atoms with Crippen LogP contribution in [0.3, 0.4) is 0 Å².